The Morgan fingerprint density at radius 3 is 2.39 bits per heavy atom. The molecule has 3 aliphatic rings. The van der Waals surface area contributed by atoms with E-state index in [0.29, 0.717) is 24.7 Å². The number of benzene rings is 1. The van der Waals surface area contributed by atoms with Gasteiger partial charge in [-0.3, -0.25) is 4.79 Å². The van der Waals surface area contributed by atoms with Crippen LogP contribution in [0.5, 0.6) is 0 Å². The molecule has 1 aromatic heterocycles. The molecule has 3 fully saturated rings. The Balaban J connectivity index is 1.22. The van der Waals surface area contributed by atoms with Crippen LogP contribution in [0.1, 0.15) is 18.4 Å². The summed E-state index contributed by atoms with van der Waals surface area (Å²) in [6.07, 6.45) is -3.15. The maximum absolute atomic E-state index is 13.2. The molecule has 2 aromatic rings. The van der Waals surface area contributed by atoms with E-state index in [0.717, 1.165) is 31.6 Å². The lowest BCUT2D eigenvalue weighted by molar-refractivity contribution is -0.137. The van der Waals surface area contributed by atoms with Gasteiger partial charge in [0.2, 0.25) is 15.9 Å². The molecule has 9 nitrogen and oxygen atoms in total. The first-order valence-corrected chi connectivity index (χ1v) is 14.2. The van der Waals surface area contributed by atoms with Gasteiger partial charge in [-0.25, -0.2) is 13.4 Å². The van der Waals surface area contributed by atoms with Crippen molar-refractivity contribution in [2.24, 2.45) is 0 Å². The number of hydrogen-bond acceptors (Lipinski definition) is 7. The zero-order valence-electron chi connectivity index (χ0n) is 20.4. The molecule has 4 heterocycles. The molecule has 206 valence electrons. The molecule has 0 aliphatic carbocycles. The number of sulfonamides is 1. The van der Waals surface area contributed by atoms with Crippen molar-refractivity contribution in [1.82, 2.24) is 19.9 Å². The maximum atomic E-state index is 13.2. The summed E-state index contributed by atoms with van der Waals surface area (Å²) < 4.78 is 67.2. The van der Waals surface area contributed by atoms with Gasteiger partial charge in [0.1, 0.15) is 11.0 Å². The van der Waals surface area contributed by atoms with Gasteiger partial charge in [-0.2, -0.15) is 17.5 Å². The number of nitrogens with one attached hydrogen (secondary N) is 2. The lowest BCUT2D eigenvalue weighted by Crippen LogP contribution is -2.49. The highest BCUT2D eigenvalue weighted by Gasteiger charge is 2.35. The van der Waals surface area contributed by atoms with Gasteiger partial charge in [0.25, 0.3) is 0 Å². The maximum Gasteiger partial charge on any atom is 0.416 e. The van der Waals surface area contributed by atoms with Crippen LogP contribution in [-0.4, -0.2) is 81.5 Å². The lowest BCUT2D eigenvalue weighted by Gasteiger charge is -2.35. The number of piperazine rings is 1. The molecule has 1 aromatic carbocycles. The molecule has 38 heavy (non-hydrogen) atoms. The molecule has 5 rings (SSSR count). The third-order valence-electron chi connectivity index (χ3n) is 7.11. The summed E-state index contributed by atoms with van der Waals surface area (Å²) in [5, 5.41) is 6.53. The van der Waals surface area contributed by atoms with Crippen molar-refractivity contribution in [1.29, 1.82) is 0 Å². The third kappa shape index (κ3) is 5.76. The van der Waals surface area contributed by atoms with Gasteiger partial charge < -0.3 is 20.4 Å². The number of aromatic nitrogens is 1. The fourth-order valence-corrected chi connectivity index (χ4v) is 6.74. The topological polar surface area (TPSA) is 97.9 Å². The number of nitrogens with zero attached hydrogens (tertiary/aromatic N) is 4. The number of rotatable bonds is 6. The van der Waals surface area contributed by atoms with E-state index >= 15 is 0 Å². The second-order valence-electron chi connectivity index (χ2n) is 9.68. The number of pyridine rings is 1. The van der Waals surface area contributed by atoms with Crippen LogP contribution >= 0.6 is 11.6 Å². The second kappa shape index (κ2) is 10.6. The molecule has 0 spiro atoms. The first-order chi connectivity index (χ1) is 18.0. The van der Waals surface area contributed by atoms with Gasteiger partial charge in [-0.15, -0.1) is 0 Å². The minimum atomic E-state index is -4.57. The Morgan fingerprint density at radius 1 is 1.05 bits per heavy atom. The van der Waals surface area contributed by atoms with E-state index in [2.05, 4.69) is 15.6 Å². The smallest absolute Gasteiger partial charge is 0.354 e. The van der Waals surface area contributed by atoms with Crippen LogP contribution in [0.2, 0.25) is 5.15 Å². The largest absolute Gasteiger partial charge is 0.416 e. The fraction of sp³-hybridized carbons (Fsp3) is 0.500. The fourth-order valence-electron chi connectivity index (χ4n) is 5.11. The number of carbonyl (C=O) groups is 1. The second-order valence-corrected chi connectivity index (χ2v) is 12.0. The Morgan fingerprint density at radius 2 is 1.76 bits per heavy atom. The first-order valence-electron chi connectivity index (χ1n) is 12.4. The van der Waals surface area contributed by atoms with E-state index < -0.39 is 21.8 Å². The van der Waals surface area contributed by atoms with E-state index in [1.165, 1.54) is 16.4 Å². The number of halogens is 4. The van der Waals surface area contributed by atoms with Crippen molar-refractivity contribution in [2.45, 2.75) is 36.0 Å². The lowest BCUT2D eigenvalue weighted by atomic mass is 10.2. The summed E-state index contributed by atoms with van der Waals surface area (Å²) in [5.74, 6) is 0.0435. The van der Waals surface area contributed by atoms with Crippen molar-refractivity contribution in [3.05, 3.63) is 47.1 Å². The van der Waals surface area contributed by atoms with Gasteiger partial charge in [0.05, 0.1) is 10.5 Å². The summed E-state index contributed by atoms with van der Waals surface area (Å²) in [6, 6.07) is 8.31. The van der Waals surface area contributed by atoms with E-state index in [4.69, 9.17) is 11.6 Å². The molecule has 2 N–H and O–H groups in total. The average Bonchev–Trinajstić information content (AvgIpc) is 3.53. The molecule has 2 unspecified atom stereocenters. The number of anilines is 2. The molecule has 3 saturated heterocycles. The van der Waals surface area contributed by atoms with Crippen molar-refractivity contribution in [2.75, 3.05) is 55.6 Å². The summed E-state index contributed by atoms with van der Waals surface area (Å²) in [4.78, 5) is 19.9. The zero-order valence-corrected chi connectivity index (χ0v) is 22.0. The molecule has 0 saturated carbocycles. The van der Waals surface area contributed by atoms with Crippen LogP contribution < -0.4 is 20.4 Å². The van der Waals surface area contributed by atoms with Gasteiger partial charge in [0, 0.05) is 63.5 Å². The summed E-state index contributed by atoms with van der Waals surface area (Å²) in [6.45, 7) is 2.85. The Hall–Kier alpha value is -2.45. The van der Waals surface area contributed by atoms with Gasteiger partial charge in [-0.05, 0) is 49.4 Å². The van der Waals surface area contributed by atoms with Gasteiger partial charge in [0.15, 0.2) is 0 Å². The van der Waals surface area contributed by atoms with Crippen LogP contribution in [-0.2, 0) is 21.0 Å². The predicted octanol–water partition coefficient (Wildman–Crippen LogP) is 2.32. The van der Waals surface area contributed by atoms with Crippen molar-refractivity contribution < 1.29 is 26.4 Å². The molecule has 3 aliphatic heterocycles. The third-order valence-corrected chi connectivity index (χ3v) is 9.22. The van der Waals surface area contributed by atoms with Crippen LogP contribution in [0.4, 0.5) is 24.7 Å². The monoisotopic (exact) mass is 572 g/mol. The van der Waals surface area contributed by atoms with Gasteiger partial charge >= 0.3 is 6.18 Å². The van der Waals surface area contributed by atoms with Crippen molar-refractivity contribution in [3.63, 3.8) is 0 Å². The van der Waals surface area contributed by atoms with E-state index in [1.54, 1.807) is 21.9 Å². The summed E-state index contributed by atoms with van der Waals surface area (Å²) in [7, 11) is -3.83. The highest BCUT2D eigenvalue weighted by atomic mass is 35.5. The minimum Gasteiger partial charge on any atom is -0.354 e. The SMILES string of the molecule is O=C1CC(NC2CCNC2)CN1c1ccc(S(=O)(=O)N2CCN(c3cc(C(F)(F)F)cc(Cl)n3)CC2)cc1. The highest BCUT2D eigenvalue weighted by molar-refractivity contribution is 7.89. The predicted molar refractivity (Wildman–Crippen MR) is 137 cm³/mol. The molecular formula is C24H28ClF3N6O3S. The molecule has 14 heteroatoms. The normalized spacial score (nSPS) is 23.4. The number of amides is 1. The molecule has 0 bridgehead atoms. The van der Waals surface area contributed by atoms with E-state index in [9.17, 15) is 26.4 Å². The van der Waals surface area contributed by atoms with Crippen LogP contribution in [0, 0.1) is 0 Å². The Bertz CT molecular complexity index is 1280. The average molecular weight is 573 g/mol. The van der Waals surface area contributed by atoms with Crippen LogP contribution in [0.25, 0.3) is 0 Å². The highest BCUT2D eigenvalue weighted by Crippen LogP contribution is 2.33. The molecule has 0 radical (unpaired) electrons. The van der Waals surface area contributed by atoms with Crippen LogP contribution in [0.15, 0.2) is 41.3 Å². The van der Waals surface area contributed by atoms with E-state index in [1.807, 2.05) is 0 Å². The zero-order chi connectivity index (χ0) is 27.1. The quantitative estimate of drug-likeness (QED) is 0.513. The Kier molecular flexibility index (Phi) is 7.57. The standard InChI is InChI=1S/C24H28ClF3N6O3S/c25-21-11-16(24(26,27)28)12-22(31-21)32-7-9-33(10-8-32)38(36,37)20-3-1-19(2-4-20)34-15-18(13-23(34)35)30-17-5-6-29-14-17/h1-4,11-12,17-18,29-30H,5-10,13-15H2. The Labute approximate surface area is 224 Å². The molecule has 2 atom stereocenters. The van der Waals surface area contributed by atoms with Crippen molar-refractivity contribution in [3.8, 4) is 0 Å². The summed E-state index contributed by atoms with van der Waals surface area (Å²) in [5.41, 5.74) is -0.267. The van der Waals surface area contributed by atoms with Crippen molar-refractivity contribution >= 4 is 39.0 Å². The molecule has 1 amide bonds. The molecular weight excluding hydrogens is 545 g/mol. The minimum absolute atomic E-state index is 0.0107. The first kappa shape index (κ1) is 27.1. The van der Waals surface area contributed by atoms with E-state index in [-0.39, 0.29) is 54.0 Å². The summed E-state index contributed by atoms with van der Waals surface area (Å²) >= 11 is 5.80. The van der Waals surface area contributed by atoms with Crippen LogP contribution in [0.3, 0.4) is 0 Å². The number of hydrogen-bond donors (Lipinski definition) is 2. The number of carbonyl (C=O) groups excluding carboxylic acids is 1. The number of alkyl halides is 3. The van der Waals surface area contributed by atoms with Gasteiger partial charge in [-0.1, -0.05) is 11.6 Å².